The van der Waals surface area contributed by atoms with Crippen LogP contribution in [0.3, 0.4) is 0 Å². The standard InChI is InChI=1S/C17H18O2/c1-3-12-4-6-13(7-5-12)17-11-14-10-15(18-2)8-9-16(14)19-17/h4-10,17H,3,11H2,1-2H3. The summed E-state index contributed by atoms with van der Waals surface area (Å²) < 4.78 is 11.3. The number of aryl methyl sites for hydroxylation is 1. The molecule has 98 valence electrons. The molecule has 2 aromatic carbocycles. The maximum Gasteiger partial charge on any atom is 0.128 e. The van der Waals surface area contributed by atoms with E-state index in [0.717, 1.165) is 24.3 Å². The van der Waals surface area contributed by atoms with Crippen molar-refractivity contribution in [2.75, 3.05) is 7.11 Å². The van der Waals surface area contributed by atoms with Gasteiger partial charge in [0, 0.05) is 12.0 Å². The molecule has 0 saturated carbocycles. The molecular weight excluding hydrogens is 236 g/mol. The van der Waals surface area contributed by atoms with Gasteiger partial charge in [-0.1, -0.05) is 31.2 Å². The van der Waals surface area contributed by atoms with Gasteiger partial charge in [0.15, 0.2) is 0 Å². The molecule has 1 heterocycles. The minimum absolute atomic E-state index is 0.132. The molecule has 0 aliphatic carbocycles. The molecule has 1 atom stereocenters. The molecule has 2 nitrogen and oxygen atoms in total. The van der Waals surface area contributed by atoms with Crippen LogP contribution in [0.5, 0.6) is 11.5 Å². The zero-order valence-electron chi connectivity index (χ0n) is 11.3. The average Bonchev–Trinajstić information content (AvgIpc) is 2.90. The van der Waals surface area contributed by atoms with Crippen molar-refractivity contribution in [3.05, 3.63) is 59.2 Å². The van der Waals surface area contributed by atoms with Crippen molar-refractivity contribution in [1.29, 1.82) is 0 Å². The fraction of sp³-hybridized carbons (Fsp3) is 0.294. The fourth-order valence-corrected chi connectivity index (χ4v) is 2.51. The number of rotatable bonds is 3. The lowest BCUT2D eigenvalue weighted by Crippen LogP contribution is -2.02. The van der Waals surface area contributed by atoms with Crippen molar-refractivity contribution in [3.63, 3.8) is 0 Å². The van der Waals surface area contributed by atoms with E-state index in [9.17, 15) is 0 Å². The van der Waals surface area contributed by atoms with Gasteiger partial charge in [0.05, 0.1) is 7.11 Å². The molecule has 0 amide bonds. The van der Waals surface area contributed by atoms with Crippen LogP contribution in [0.2, 0.25) is 0 Å². The molecule has 1 unspecified atom stereocenters. The fourth-order valence-electron chi connectivity index (χ4n) is 2.51. The smallest absolute Gasteiger partial charge is 0.128 e. The molecule has 1 aliphatic heterocycles. The summed E-state index contributed by atoms with van der Waals surface area (Å²) in [5.41, 5.74) is 3.83. The first kappa shape index (κ1) is 12.1. The second-order valence-corrected chi connectivity index (χ2v) is 4.88. The van der Waals surface area contributed by atoms with Crippen LogP contribution in [0.25, 0.3) is 0 Å². The second-order valence-electron chi connectivity index (χ2n) is 4.88. The molecule has 0 N–H and O–H groups in total. The summed E-state index contributed by atoms with van der Waals surface area (Å²) in [6.07, 6.45) is 2.12. The third-order valence-electron chi connectivity index (χ3n) is 3.70. The zero-order valence-corrected chi connectivity index (χ0v) is 11.3. The van der Waals surface area contributed by atoms with Crippen molar-refractivity contribution in [1.82, 2.24) is 0 Å². The lowest BCUT2D eigenvalue weighted by atomic mass is 10.0. The van der Waals surface area contributed by atoms with Crippen LogP contribution < -0.4 is 9.47 Å². The summed E-state index contributed by atoms with van der Waals surface area (Å²) in [5.74, 6) is 1.87. The first-order valence-electron chi connectivity index (χ1n) is 6.72. The maximum absolute atomic E-state index is 6.01. The Bertz CT molecular complexity index is 572. The second kappa shape index (κ2) is 4.96. The van der Waals surface area contributed by atoms with Crippen LogP contribution in [0.1, 0.15) is 29.7 Å². The predicted molar refractivity (Wildman–Crippen MR) is 75.9 cm³/mol. The molecule has 0 aromatic heterocycles. The summed E-state index contributed by atoms with van der Waals surface area (Å²) in [6, 6.07) is 14.7. The van der Waals surface area contributed by atoms with Crippen LogP contribution in [0.15, 0.2) is 42.5 Å². The number of hydrogen-bond donors (Lipinski definition) is 0. The Labute approximate surface area is 114 Å². The van der Waals surface area contributed by atoms with Gasteiger partial charge in [-0.15, -0.1) is 0 Å². The minimum Gasteiger partial charge on any atom is -0.497 e. The molecule has 0 fully saturated rings. The first-order valence-corrected chi connectivity index (χ1v) is 6.72. The summed E-state index contributed by atoms with van der Waals surface area (Å²) in [5, 5.41) is 0. The Kier molecular flexibility index (Phi) is 3.16. The van der Waals surface area contributed by atoms with Crippen LogP contribution in [0.4, 0.5) is 0 Å². The highest BCUT2D eigenvalue weighted by molar-refractivity contribution is 5.44. The third-order valence-corrected chi connectivity index (χ3v) is 3.70. The Morgan fingerprint density at radius 1 is 1.16 bits per heavy atom. The van der Waals surface area contributed by atoms with Crippen molar-refractivity contribution in [2.45, 2.75) is 25.9 Å². The summed E-state index contributed by atoms with van der Waals surface area (Å²) in [4.78, 5) is 0. The summed E-state index contributed by atoms with van der Waals surface area (Å²) in [7, 11) is 1.69. The van der Waals surface area contributed by atoms with E-state index in [1.54, 1.807) is 7.11 Å². The lowest BCUT2D eigenvalue weighted by molar-refractivity contribution is 0.238. The van der Waals surface area contributed by atoms with E-state index in [2.05, 4.69) is 37.3 Å². The molecule has 2 aromatic rings. The van der Waals surface area contributed by atoms with E-state index < -0.39 is 0 Å². The van der Waals surface area contributed by atoms with Crippen molar-refractivity contribution in [3.8, 4) is 11.5 Å². The molecular formula is C17H18O2. The molecule has 0 bridgehead atoms. The number of hydrogen-bond acceptors (Lipinski definition) is 2. The third kappa shape index (κ3) is 2.30. The Morgan fingerprint density at radius 3 is 2.63 bits per heavy atom. The van der Waals surface area contributed by atoms with Gasteiger partial charge in [-0.3, -0.25) is 0 Å². The summed E-state index contributed by atoms with van der Waals surface area (Å²) in [6.45, 7) is 2.17. The molecule has 1 aliphatic rings. The van der Waals surface area contributed by atoms with Gasteiger partial charge in [0.25, 0.3) is 0 Å². The number of fused-ring (bicyclic) bond motifs is 1. The van der Waals surface area contributed by atoms with E-state index >= 15 is 0 Å². The maximum atomic E-state index is 6.01. The minimum atomic E-state index is 0.132. The number of benzene rings is 2. The highest BCUT2D eigenvalue weighted by Crippen LogP contribution is 2.38. The van der Waals surface area contributed by atoms with Crippen LogP contribution in [0, 0.1) is 0 Å². The quantitative estimate of drug-likeness (QED) is 0.826. The SMILES string of the molecule is CCc1ccc(C2Cc3cc(OC)ccc3O2)cc1. The summed E-state index contributed by atoms with van der Waals surface area (Å²) >= 11 is 0. The van der Waals surface area contributed by atoms with Gasteiger partial charge >= 0.3 is 0 Å². The van der Waals surface area contributed by atoms with Crippen molar-refractivity contribution < 1.29 is 9.47 Å². The molecule has 0 saturated heterocycles. The Morgan fingerprint density at radius 2 is 1.95 bits per heavy atom. The molecule has 19 heavy (non-hydrogen) atoms. The van der Waals surface area contributed by atoms with Gasteiger partial charge in [-0.05, 0) is 35.7 Å². The van der Waals surface area contributed by atoms with Crippen molar-refractivity contribution >= 4 is 0 Å². The van der Waals surface area contributed by atoms with Gasteiger partial charge in [-0.2, -0.15) is 0 Å². The van der Waals surface area contributed by atoms with Gasteiger partial charge in [-0.25, -0.2) is 0 Å². The zero-order chi connectivity index (χ0) is 13.2. The van der Waals surface area contributed by atoms with Gasteiger partial charge in [0.2, 0.25) is 0 Å². The topological polar surface area (TPSA) is 18.5 Å². The molecule has 3 rings (SSSR count). The predicted octanol–water partition coefficient (Wildman–Crippen LogP) is 3.93. The molecule has 2 heteroatoms. The van der Waals surface area contributed by atoms with Crippen LogP contribution in [-0.2, 0) is 12.8 Å². The molecule has 0 radical (unpaired) electrons. The lowest BCUT2D eigenvalue weighted by Gasteiger charge is -2.11. The van der Waals surface area contributed by atoms with Crippen molar-refractivity contribution in [2.24, 2.45) is 0 Å². The number of ether oxygens (including phenoxy) is 2. The van der Waals surface area contributed by atoms with E-state index in [0.29, 0.717) is 0 Å². The highest BCUT2D eigenvalue weighted by atomic mass is 16.5. The van der Waals surface area contributed by atoms with Crippen LogP contribution in [-0.4, -0.2) is 7.11 Å². The van der Waals surface area contributed by atoms with E-state index in [1.165, 1.54) is 16.7 Å². The van der Waals surface area contributed by atoms with E-state index in [4.69, 9.17) is 9.47 Å². The van der Waals surface area contributed by atoms with Gasteiger partial charge < -0.3 is 9.47 Å². The first-order chi connectivity index (χ1) is 9.30. The van der Waals surface area contributed by atoms with E-state index in [-0.39, 0.29) is 6.10 Å². The largest absolute Gasteiger partial charge is 0.497 e. The Hall–Kier alpha value is -1.96. The number of methoxy groups -OCH3 is 1. The normalized spacial score (nSPS) is 16.8. The average molecular weight is 254 g/mol. The Balaban J connectivity index is 1.82. The van der Waals surface area contributed by atoms with E-state index in [1.807, 2.05) is 12.1 Å². The van der Waals surface area contributed by atoms with Crippen LogP contribution >= 0.6 is 0 Å². The molecule has 0 spiro atoms. The van der Waals surface area contributed by atoms with Gasteiger partial charge in [0.1, 0.15) is 17.6 Å². The monoisotopic (exact) mass is 254 g/mol. The highest BCUT2D eigenvalue weighted by Gasteiger charge is 2.24.